The van der Waals surface area contributed by atoms with Crippen LogP contribution in [0, 0.1) is 0 Å². The summed E-state index contributed by atoms with van der Waals surface area (Å²) in [5.74, 6) is 0.563. The van der Waals surface area contributed by atoms with Crippen LogP contribution in [-0.4, -0.2) is 22.4 Å². The molecule has 0 atom stereocenters. The van der Waals surface area contributed by atoms with Crippen LogP contribution < -0.4 is 10.6 Å². The first-order valence-electron chi connectivity index (χ1n) is 4.58. The van der Waals surface area contributed by atoms with Crippen molar-refractivity contribution < 1.29 is 4.79 Å². The maximum atomic E-state index is 10.9. The topological polar surface area (TPSA) is 66.9 Å². The van der Waals surface area contributed by atoms with Gasteiger partial charge in [0.05, 0.1) is 5.69 Å². The molecule has 1 aliphatic rings. The van der Waals surface area contributed by atoms with E-state index in [9.17, 15) is 4.79 Å². The Morgan fingerprint density at radius 2 is 2.43 bits per heavy atom. The summed E-state index contributed by atoms with van der Waals surface area (Å²) < 4.78 is 0. The number of aromatic nitrogens is 2. The summed E-state index contributed by atoms with van der Waals surface area (Å²) in [6.45, 7) is 3.15. The first-order chi connectivity index (χ1) is 6.77. The molecule has 74 valence electrons. The SMILES string of the molecule is CC(=O)Nc1ncnc2c1CCNC2. The Kier molecular flexibility index (Phi) is 2.41. The highest BCUT2D eigenvalue weighted by Crippen LogP contribution is 2.18. The molecule has 1 aromatic rings. The molecule has 0 unspecified atom stereocenters. The van der Waals surface area contributed by atoms with Crippen LogP contribution in [0.2, 0.25) is 0 Å². The van der Waals surface area contributed by atoms with Crippen LogP contribution in [-0.2, 0) is 17.8 Å². The molecule has 0 saturated heterocycles. The molecule has 1 amide bonds. The number of carbonyl (C=O) groups is 1. The predicted molar refractivity (Wildman–Crippen MR) is 51.7 cm³/mol. The van der Waals surface area contributed by atoms with Crippen LogP contribution in [0.25, 0.3) is 0 Å². The maximum absolute atomic E-state index is 10.9. The Morgan fingerprint density at radius 3 is 3.21 bits per heavy atom. The quantitative estimate of drug-likeness (QED) is 0.661. The molecule has 5 heteroatoms. The van der Waals surface area contributed by atoms with Gasteiger partial charge in [0.25, 0.3) is 0 Å². The van der Waals surface area contributed by atoms with Gasteiger partial charge >= 0.3 is 0 Å². The van der Waals surface area contributed by atoms with E-state index in [0.29, 0.717) is 5.82 Å². The van der Waals surface area contributed by atoms with Crippen molar-refractivity contribution in [3.8, 4) is 0 Å². The third kappa shape index (κ3) is 1.72. The Morgan fingerprint density at radius 1 is 1.57 bits per heavy atom. The second-order valence-electron chi connectivity index (χ2n) is 3.26. The number of rotatable bonds is 1. The largest absolute Gasteiger partial charge is 0.311 e. The van der Waals surface area contributed by atoms with E-state index in [-0.39, 0.29) is 5.91 Å². The zero-order valence-corrected chi connectivity index (χ0v) is 8.00. The zero-order valence-electron chi connectivity index (χ0n) is 8.00. The summed E-state index contributed by atoms with van der Waals surface area (Å²) >= 11 is 0. The van der Waals surface area contributed by atoms with Crippen molar-refractivity contribution in [2.45, 2.75) is 19.9 Å². The second kappa shape index (κ2) is 3.71. The molecule has 0 aliphatic carbocycles. The fourth-order valence-electron chi connectivity index (χ4n) is 1.56. The number of anilines is 1. The van der Waals surface area contributed by atoms with Crippen molar-refractivity contribution in [1.29, 1.82) is 0 Å². The van der Waals surface area contributed by atoms with Crippen molar-refractivity contribution in [3.63, 3.8) is 0 Å². The molecule has 0 saturated carbocycles. The van der Waals surface area contributed by atoms with Gasteiger partial charge in [-0.15, -0.1) is 0 Å². The highest BCUT2D eigenvalue weighted by atomic mass is 16.1. The molecule has 2 heterocycles. The first-order valence-corrected chi connectivity index (χ1v) is 4.58. The fourth-order valence-corrected chi connectivity index (χ4v) is 1.56. The summed E-state index contributed by atoms with van der Waals surface area (Å²) in [5, 5.41) is 5.93. The van der Waals surface area contributed by atoms with Gasteiger partial charge in [-0.1, -0.05) is 0 Å². The molecule has 0 aromatic carbocycles. The lowest BCUT2D eigenvalue weighted by molar-refractivity contribution is -0.114. The molecule has 0 fully saturated rings. The van der Waals surface area contributed by atoms with Crippen molar-refractivity contribution in [1.82, 2.24) is 15.3 Å². The first kappa shape index (κ1) is 9.08. The second-order valence-corrected chi connectivity index (χ2v) is 3.26. The summed E-state index contributed by atoms with van der Waals surface area (Å²) in [6, 6.07) is 0. The van der Waals surface area contributed by atoms with E-state index >= 15 is 0 Å². The van der Waals surface area contributed by atoms with Crippen molar-refractivity contribution in [2.75, 3.05) is 11.9 Å². The van der Waals surface area contributed by atoms with E-state index in [1.54, 1.807) is 0 Å². The zero-order chi connectivity index (χ0) is 9.97. The number of nitrogens with one attached hydrogen (secondary N) is 2. The van der Waals surface area contributed by atoms with Crippen molar-refractivity contribution >= 4 is 11.7 Å². The molecule has 1 aliphatic heterocycles. The van der Waals surface area contributed by atoms with Gasteiger partial charge in [-0.2, -0.15) is 0 Å². The van der Waals surface area contributed by atoms with Crippen molar-refractivity contribution in [2.24, 2.45) is 0 Å². The fraction of sp³-hybridized carbons (Fsp3) is 0.444. The third-order valence-electron chi connectivity index (χ3n) is 2.17. The molecule has 2 N–H and O–H groups in total. The lowest BCUT2D eigenvalue weighted by Crippen LogP contribution is -2.26. The third-order valence-corrected chi connectivity index (χ3v) is 2.17. The molecular formula is C9H12N4O. The van der Waals surface area contributed by atoms with Gasteiger partial charge in [0.2, 0.25) is 5.91 Å². The van der Waals surface area contributed by atoms with Gasteiger partial charge in [-0.3, -0.25) is 4.79 Å². The smallest absolute Gasteiger partial charge is 0.222 e. The molecule has 2 rings (SSSR count). The predicted octanol–water partition coefficient (Wildman–Crippen LogP) is 0.0807. The van der Waals surface area contributed by atoms with E-state index in [2.05, 4.69) is 20.6 Å². The minimum atomic E-state index is -0.0931. The van der Waals surface area contributed by atoms with Gasteiger partial charge < -0.3 is 10.6 Å². The number of fused-ring (bicyclic) bond motifs is 1. The number of hydrogen-bond donors (Lipinski definition) is 2. The normalized spacial score (nSPS) is 14.6. The van der Waals surface area contributed by atoms with E-state index in [4.69, 9.17) is 0 Å². The Balaban J connectivity index is 2.35. The van der Waals surface area contributed by atoms with E-state index in [1.165, 1.54) is 13.3 Å². The van der Waals surface area contributed by atoms with Crippen LogP contribution in [0.1, 0.15) is 18.2 Å². The van der Waals surface area contributed by atoms with E-state index in [0.717, 1.165) is 30.8 Å². The molecule has 1 aromatic heterocycles. The Hall–Kier alpha value is -1.49. The summed E-state index contributed by atoms with van der Waals surface area (Å²) in [5.41, 5.74) is 2.04. The molecular weight excluding hydrogens is 180 g/mol. The number of hydrogen-bond acceptors (Lipinski definition) is 4. The van der Waals surface area contributed by atoms with Crippen LogP contribution in [0.15, 0.2) is 6.33 Å². The lowest BCUT2D eigenvalue weighted by Gasteiger charge is -2.17. The average molecular weight is 192 g/mol. The van der Waals surface area contributed by atoms with Crippen LogP contribution in [0.5, 0.6) is 0 Å². The Bertz CT molecular complexity index is 364. The number of amides is 1. The lowest BCUT2D eigenvalue weighted by atomic mass is 10.1. The molecule has 0 spiro atoms. The molecule has 14 heavy (non-hydrogen) atoms. The average Bonchev–Trinajstić information content (AvgIpc) is 2.18. The van der Waals surface area contributed by atoms with Gasteiger partial charge in [-0.05, 0) is 13.0 Å². The summed E-state index contributed by atoms with van der Waals surface area (Å²) in [4.78, 5) is 19.1. The number of carbonyl (C=O) groups excluding carboxylic acids is 1. The van der Waals surface area contributed by atoms with Gasteiger partial charge in [0.15, 0.2) is 0 Å². The van der Waals surface area contributed by atoms with Gasteiger partial charge in [0.1, 0.15) is 12.1 Å². The molecule has 0 radical (unpaired) electrons. The number of nitrogens with zero attached hydrogens (tertiary/aromatic N) is 2. The standard InChI is InChI=1S/C9H12N4O/c1-6(14)13-9-7-2-3-10-4-8(7)11-5-12-9/h5,10H,2-4H2,1H3,(H,11,12,13,14). The van der Waals surface area contributed by atoms with Crippen LogP contribution >= 0.6 is 0 Å². The Labute approximate surface area is 82.0 Å². The van der Waals surface area contributed by atoms with Crippen LogP contribution in [0.3, 0.4) is 0 Å². The van der Waals surface area contributed by atoms with Gasteiger partial charge in [0, 0.05) is 19.0 Å². The monoisotopic (exact) mass is 192 g/mol. The maximum Gasteiger partial charge on any atom is 0.222 e. The summed E-state index contributed by atoms with van der Waals surface area (Å²) in [6.07, 6.45) is 2.35. The minimum Gasteiger partial charge on any atom is -0.311 e. The molecule has 5 nitrogen and oxygen atoms in total. The highest BCUT2D eigenvalue weighted by Gasteiger charge is 2.15. The van der Waals surface area contributed by atoms with E-state index in [1.807, 2.05) is 0 Å². The minimum absolute atomic E-state index is 0.0931. The summed E-state index contributed by atoms with van der Waals surface area (Å²) in [7, 11) is 0. The highest BCUT2D eigenvalue weighted by molar-refractivity contribution is 5.88. The van der Waals surface area contributed by atoms with Gasteiger partial charge in [-0.25, -0.2) is 9.97 Å². The molecule has 0 bridgehead atoms. The van der Waals surface area contributed by atoms with Crippen molar-refractivity contribution in [3.05, 3.63) is 17.6 Å². The van der Waals surface area contributed by atoms with E-state index < -0.39 is 0 Å². The van der Waals surface area contributed by atoms with Crippen LogP contribution in [0.4, 0.5) is 5.82 Å².